The summed E-state index contributed by atoms with van der Waals surface area (Å²) >= 11 is 6.13. The summed E-state index contributed by atoms with van der Waals surface area (Å²) in [6, 6.07) is 15.0. The van der Waals surface area contributed by atoms with Crippen LogP contribution in [-0.2, 0) is 16.1 Å². The van der Waals surface area contributed by atoms with E-state index < -0.39 is 0 Å². The fourth-order valence-corrected chi connectivity index (χ4v) is 3.37. The lowest BCUT2D eigenvalue weighted by Gasteiger charge is -2.14. The highest BCUT2D eigenvalue weighted by atomic mass is 35.5. The van der Waals surface area contributed by atoms with Crippen molar-refractivity contribution in [1.82, 2.24) is 9.55 Å². The molecular weight excluding hydrogens is 338 g/mol. The lowest BCUT2D eigenvalue weighted by Crippen LogP contribution is -2.21. The largest absolute Gasteiger partial charge is 0.370 e. The molecule has 1 aliphatic heterocycles. The lowest BCUT2D eigenvalue weighted by atomic mass is 10.2. The topological polar surface area (TPSA) is 56.2 Å². The van der Waals surface area contributed by atoms with Crippen LogP contribution in [0.1, 0.15) is 24.8 Å². The molecule has 1 saturated heterocycles. The van der Waals surface area contributed by atoms with Gasteiger partial charge in [-0.05, 0) is 37.1 Å². The summed E-state index contributed by atoms with van der Waals surface area (Å²) in [5, 5.41) is 3.39. The maximum atomic E-state index is 12.6. The molecule has 25 heavy (non-hydrogen) atoms. The smallest absolute Gasteiger partial charge is 0.244 e. The molecule has 6 heteroatoms. The number of carbonyl (C=O) groups is 1. The number of aromatic nitrogens is 2. The van der Waals surface area contributed by atoms with Crippen LogP contribution in [0.4, 0.5) is 5.69 Å². The second-order valence-electron chi connectivity index (χ2n) is 6.07. The van der Waals surface area contributed by atoms with Gasteiger partial charge in [-0.25, -0.2) is 4.98 Å². The van der Waals surface area contributed by atoms with Crippen molar-refractivity contribution in [2.75, 3.05) is 11.9 Å². The SMILES string of the molecule is O=C(Cn1c(C2CCCO2)nc2ccccc21)Nc1ccccc1Cl. The molecule has 1 aliphatic rings. The monoisotopic (exact) mass is 355 g/mol. The Bertz CT molecular complexity index is 916. The van der Waals surface area contributed by atoms with E-state index in [2.05, 4.69) is 5.32 Å². The van der Waals surface area contributed by atoms with Crippen molar-refractivity contribution in [3.8, 4) is 0 Å². The quantitative estimate of drug-likeness (QED) is 0.763. The van der Waals surface area contributed by atoms with Crippen molar-refractivity contribution in [1.29, 1.82) is 0 Å². The first-order valence-electron chi connectivity index (χ1n) is 8.33. The van der Waals surface area contributed by atoms with Crippen LogP contribution in [-0.4, -0.2) is 22.1 Å². The molecule has 2 heterocycles. The highest BCUT2D eigenvalue weighted by Gasteiger charge is 2.25. The number of halogens is 1. The number of nitrogens with zero attached hydrogens (tertiary/aromatic N) is 2. The Morgan fingerprint density at radius 1 is 1.24 bits per heavy atom. The molecule has 1 amide bonds. The minimum atomic E-state index is -0.143. The summed E-state index contributed by atoms with van der Waals surface area (Å²) in [7, 11) is 0. The highest BCUT2D eigenvalue weighted by molar-refractivity contribution is 6.33. The van der Waals surface area contributed by atoms with Gasteiger partial charge in [0.2, 0.25) is 5.91 Å². The molecule has 1 aromatic heterocycles. The molecule has 0 saturated carbocycles. The lowest BCUT2D eigenvalue weighted by molar-refractivity contribution is -0.116. The normalized spacial score (nSPS) is 17.1. The summed E-state index contributed by atoms with van der Waals surface area (Å²) in [6.45, 7) is 0.903. The van der Waals surface area contributed by atoms with Gasteiger partial charge in [0.1, 0.15) is 18.5 Å². The number of rotatable bonds is 4. The summed E-state index contributed by atoms with van der Waals surface area (Å²) in [6.07, 6.45) is 1.88. The molecule has 0 aliphatic carbocycles. The number of ether oxygens (including phenoxy) is 1. The number of anilines is 1. The zero-order chi connectivity index (χ0) is 17.2. The third-order valence-electron chi connectivity index (χ3n) is 4.35. The maximum Gasteiger partial charge on any atom is 0.244 e. The van der Waals surface area contributed by atoms with Crippen LogP contribution in [0, 0.1) is 0 Å². The number of nitrogens with one attached hydrogen (secondary N) is 1. The predicted octanol–water partition coefficient (Wildman–Crippen LogP) is 4.18. The van der Waals surface area contributed by atoms with Crippen molar-refractivity contribution >= 4 is 34.2 Å². The molecule has 1 unspecified atom stereocenters. The van der Waals surface area contributed by atoms with Crippen molar-refractivity contribution < 1.29 is 9.53 Å². The molecule has 4 rings (SSSR count). The molecule has 1 N–H and O–H groups in total. The summed E-state index contributed by atoms with van der Waals surface area (Å²) in [5.41, 5.74) is 2.41. The number of carbonyl (C=O) groups excluding carboxylic acids is 1. The Labute approximate surface area is 150 Å². The van der Waals surface area contributed by atoms with E-state index >= 15 is 0 Å². The third kappa shape index (κ3) is 3.25. The maximum absolute atomic E-state index is 12.6. The van der Waals surface area contributed by atoms with E-state index in [-0.39, 0.29) is 18.6 Å². The molecule has 1 fully saturated rings. The number of hydrogen-bond donors (Lipinski definition) is 1. The van der Waals surface area contributed by atoms with E-state index in [1.807, 2.05) is 41.0 Å². The second kappa shape index (κ2) is 6.86. The number of fused-ring (bicyclic) bond motifs is 1. The zero-order valence-corrected chi connectivity index (χ0v) is 14.4. The second-order valence-corrected chi connectivity index (χ2v) is 6.48. The van der Waals surface area contributed by atoms with Crippen LogP contribution in [0.25, 0.3) is 11.0 Å². The molecule has 1 atom stereocenters. The Kier molecular flexibility index (Phi) is 4.42. The molecule has 2 aromatic carbocycles. The summed E-state index contributed by atoms with van der Waals surface area (Å²) < 4.78 is 7.73. The summed E-state index contributed by atoms with van der Waals surface area (Å²) in [5.74, 6) is 0.670. The van der Waals surface area contributed by atoms with Crippen molar-refractivity contribution in [2.45, 2.75) is 25.5 Å². The number of hydrogen-bond acceptors (Lipinski definition) is 3. The molecule has 5 nitrogen and oxygen atoms in total. The van der Waals surface area contributed by atoms with Crippen molar-refractivity contribution in [3.63, 3.8) is 0 Å². The molecule has 3 aromatic rings. The van der Waals surface area contributed by atoms with Crippen LogP contribution in [0.5, 0.6) is 0 Å². The van der Waals surface area contributed by atoms with Crippen LogP contribution < -0.4 is 5.32 Å². The Hall–Kier alpha value is -2.37. The van der Waals surface area contributed by atoms with E-state index in [0.717, 1.165) is 36.3 Å². The molecule has 0 radical (unpaired) electrons. The molecule has 0 spiro atoms. The summed E-state index contributed by atoms with van der Waals surface area (Å²) in [4.78, 5) is 17.3. The van der Waals surface area contributed by atoms with Crippen LogP contribution in [0.2, 0.25) is 5.02 Å². The third-order valence-corrected chi connectivity index (χ3v) is 4.68. The average Bonchev–Trinajstić information content (AvgIpc) is 3.25. The van der Waals surface area contributed by atoms with Gasteiger partial charge in [0.25, 0.3) is 0 Å². The van der Waals surface area contributed by atoms with Crippen molar-refractivity contribution in [2.24, 2.45) is 0 Å². The highest BCUT2D eigenvalue weighted by Crippen LogP contribution is 2.30. The molecular formula is C19H18ClN3O2. The zero-order valence-electron chi connectivity index (χ0n) is 13.6. The first-order valence-corrected chi connectivity index (χ1v) is 8.71. The van der Waals surface area contributed by atoms with Gasteiger partial charge < -0.3 is 14.6 Å². The van der Waals surface area contributed by atoms with Crippen LogP contribution in [0.15, 0.2) is 48.5 Å². The van der Waals surface area contributed by atoms with Gasteiger partial charge in [-0.3, -0.25) is 4.79 Å². The van der Waals surface area contributed by atoms with Crippen LogP contribution >= 0.6 is 11.6 Å². The van der Waals surface area contributed by atoms with E-state index in [9.17, 15) is 4.79 Å². The minimum absolute atomic E-state index is 0.0551. The average molecular weight is 356 g/mol. The van der Waals surface area contributed by atoms with Gasteiger partial charge in [0, 0.05) is 6.61 Å². The Morgan fingerprint density at radius 2 is 2.04 bits per heavy atom. The van der Waals surface area contributed by atoms with Crippen molar-refractivity contribution in [3.05, 3.63) is 59.4 Å². The predicted molar refractivity (Wildman–Crippen MR) is 97.7 cm³/mol. The molecule has 128 valence electrons. The van der Waals surface area contributed by atoms with Gasteiger partial charge in [-0.2, -0.15) is 0 Å². The number of para-hydroxylation sites is 3. The Morgan fingerprint density at radius 3 is 2.84 bits per heavy atom. The van der Waals surface area contributed by atoms with Crippen LogP contribution in [0.3, 0.4) is 0 Å². The van der Waals surface area contributed by atoms with Gasteiger partial charge in [0.05, 0.1) is 21.7 Å². The standard InChI is InChI=1S/C19H18ClN3O2/c20-13-6-1-2-7-14(13)21-18(24)12-23-16-9-4-3-8-15(16)22-19(23)17-10-5-11-25-17/h1-4,6-9,17H,5,10-12H2,(H,21,24). The van der Waals surface area contributed by atoms with E-state index in [1.54, 1.807) is 12.1 Å². The van der Waals surface area contributed by atoms with Gasteiger partial charge in [0.15, 0.2) is 0 Å². The number of amides is 1. The van der Waals surface area contributed by atoms with E-state index in [1.165, 1.54) is 0 Å². The first kappa shape index (κ1) is 16.1. The first-order chi connectivity index (χ1) is 12.2. The molecule has 0 bridgehead atoms. The van der Waals surface area contributed by atoms with E-state index in [4.69, 9.17) is 21.3 Å². The van der Waals surface area contributed by atoms with Gasteiger partial charge >= 0.3 is 0 Å². The van der Waals surface area contributed by atoms with Gasteiger partial charge in [-0.15, -0.1) is 0 Å². The van der Waals surface area contributed by atoms with Gasteiger partial charge in [-0.1, -0.05) is 35.9 Å². The number of imidazole rings is 1. The fourth-order valence-electron chi connectivity index (χ4n) is 3.18. The Balaban J connectivity index is 1.64. The minimum Gasteiger partial charge on any atom is -0.370 e. The fraction of sp³-hybridized carbons (Fsp3) is 0.263. The van der Waals surface area contributed by atoms with E-state index in [0.29, 0.717) is 10.7 Å². The number of benzene rings is 2.